The van der Waals surface area contributed by atoms with E-state index in [2.05, 4.69) is 37.2 Å². The van der Waals surface area contributed by atoms with Crippen LogP contribution in [-0.2, 0) is 0 Å². The van der Waals surface area contributed by atoms with Crippen LogP contribution in [0.5, 0.6) is 5.75 Å². The fourth-order valence-electron chi connectivity index (χ4n) is 1.62. The lowest BCUT2D eigenvalue weighted by atomic mass is 10.2. The molecule has 1 N–H and O–H groups in total. The van der Waals surface area contributed by atoms with Gasteiger partial charge in [0.15, 0.2) is 0 Å². The number of nitrogens with one attached hydrogen (secondary N) is 1. The van der Waals surface area contributed by atoms with E-state index in [0.717, 1.165) is 4.47 Å². The van der Waals surface area contributed by atoms with Gasteiger partial charge in [0.25, 0.3) is 5.91 Å². The number of carbonyl (C=O) groups is 1. The van der Waals surface area contributed by atoms with E-state index in [1.54, 1.807) is 31.4 Å². The Labute approximate surface area is 132 Å². The van der Waals surface area contributed by atoms with Gasteiger partial charge < -0.3 is 10.1 Å². The fourth-order valence-corrected chi connectivity index (χ4v) is 2.61. The average Bonchev–Trinajstić information content (AvgIpc) is 2.42. The molecule has 2 rings (SSSR count). The molecule has 0 aliphatic heterocycles. The van der Waals surface area contributed by atoms with Gasteiger partial charge in [0, 0.05) is 5.69 Å². The summed E-state index contributed by atoms with van der Waals surface area (Å²) in [4.78, 5) is 12.1. The zero-order valence-corrected chi connectivity index (χ0v) is 13.6. The van der Waals surface area contributed by atoms with E-state index in [0.29, 0.717) is 11.4 Å². The third-order valence-corrected chi connectivity index (χ3v) is 4.03. The van der Waals surface area contributed by atoms with Crippen molar-refractivity contribution in [2.75, 3.05) is 12.4 Å². The Morgan fingerprint density at radius 2 is 2.00 bits per heavy atom. The highest BCUT2D eigenvalue weighted by Crippen LogP contribution is 2.28. The summed E-state index contributed by atoms with van der Waals surface area (Å²) in [5.74, 6) is -0.211. The summed E-state index contributed by atoms with van der Waals surface area (Å²) >= 11 is 6.40. The lowest BCUT2D eigenvalue weighted by molar-refractivity contribution is 0.102. The summed E-state index contributed by atoms with van der Waals surface area (Å²) in [6.07, 6.45) is 0. The molecule has 0 saturated heterocycles. The van der Waals surface area contributed by atoms with Crippen molar-refractivity contribution in [3.8, 4) is 5.75 Å². The second kappa shape index (κ2) is 6.37. The predicted molar refractivity (Wildman–Crippen MR) is 82.7 cm³/mol. The Kier molecular flexibility index (Phi) is 4.77. The second-order valence-electron chi connectivity index (χ2n) is 3.90. The van der Waals surface area contributed by atoms with E-state index < -0.39 is 11.7 Å². The zero-order valence-electron chi connectivity index (χ0n) is 10.4. The molecule has 3 nitrogen and oxygen atoms in total. The van der Waals surface area contributed by atoms with Gasteiger partial charge in [-0.05, 0) is 62.2 Å². The first-order valence-electron chi connectivity index (χ1n) is 5.62. The smallest absolute Gasteiger partial charge is 0.256 e. The predicted octanol–water partition coefficient (Wildman–Crippen LogP) is 4.61. The van der Waals surface area contributed by atoms with Gasteiger partial charge in [-0.1, -0.05) is 6.07 Å². The SMILES string of the molecule is COc1ccc(NC(=O)c2cccc(F)c2Br)cc1Br. The minimum atomic E-state index is -0.478. The molecule has 2 aromatic carbocycles. The van der Waals surface area contributed by atoms with Crippen LogP contribution in [0.25, 0.3) is 0 Å². The molecule has 0 fully saturated rings. The number of methoxy groups -OCH3 is 1. The molecule has 1 amide bonds. The molecule has 0 aliphatic rings. The van der Waals surface area contributed by atoms with E-state index in [1.807, 2.05) is 0 Å². The van der Waals surface area contributed by atoms with Gasteiger partial charge in [0.2, 0.25) is 0 Å². The maximum absolute atomic E-state index is 13.4. The van der Waals surface area contributed by atoms with Crippen LogP contribution in [0.15, 0.2) is 45.3 Å². The Hall–Kier alpha value is -1.40. The lowest BCUT2D eigenvalue weighted by Gasteiger charge is -2.09. The number of hydrogen-bond acceptors (Lipinski definition) is 2. The first-order chi connectivity index (χ1) is 9.52. The standard InChI is InChI=1S/C14H10Br2FNO2/c1-20-12-6-5-8(7-10(12)15)18-14(19)9-3-2-4-11(17)13(9)16/h2-7H,1H3,(H,18,19). The van der Waals surface area contributed by atoms with E-state index in [1.165, 1.54) is 12.1 Å². The van der Waals surface area contributed by atoms with Crippen molar-refractivity contribution in [3.05, 3.63) is 56.7 Å². The molecular formula is C14H10Br2FNO2. The van der Waals surface area contributed by atoms with Crippen LogP contribution < -0.4 is 10.1 Å². The highest BCUT2D eigenvalue weighted by molar-refractivity contribution is 9.10. The molecule has 104 valence electrons. The van der Waals surface area contributed by atoms with Gasteiger partial charge in [-0.15, -0.1) is 0 Å². The summed E-state index contributed by atoms with van der Waals surface area (Å²) in [5, 5.41) is 2.70. The molecule has 0 bridgehead atoms. The van der Waals surface area contributed by atoms with Crippen molar-refractivity contribution in [2.45, 2.75) is 0 Å². The van der Waals surface area contributed by atoms with Gasteiger partial charge in [-0.3, -0.25) is 4.79 Å². The van der Waals surface area contributed by atoms with Crippen LogP contribution in [0.4, 0.5) is 10.1 Å². The Bertz CT molecular complexity index is 662. The van der Waals surface area contributed by atoms with Gasteiger partial charge in [-0.2, -0.15) is 0 Å². The molecule has 0 atom stereocenters. The van der Waals surface area contributed by atoms with Gasteiger partial charge >= 0.3 is 0 Å². The summed E-state index contributed by atoms with van der Waals surface area (Å²) in [6, 6.07) is 9.45. The van der Waals surface area contributed by atoms with Crippen molar-refractivity contribution in [1.29, 1.82) is 0 Å². The van der Waals surface area contributed by atoms with Crippen molar-refractivity contribution in [3.63, 3.8) is 0 Å². The quantitative estimate of drug-likeness (QED) is 0.813. The normalized spacial score (nSPS) is 10.2. The summed E-state index contributed by atoms with van der Waals surface area (Å²) < 4.78 is 19.4. The highest BCUT2D eigenvalue weighted by Gasteiger charge is 2.13. The van der Waals surface area contributed by atoms with Crippen molar-refractivity contribution < 1.29 is 13.9 Å². The number of hydrogen-bond donors (Lipinski definition) is 1. The average molecular weight is 403 g/mol. The van der Waals surface area contributed by atoms with Gasteiger partial charge in [-0.25, -0.2) is 4.39 Å². The molecular weight excluding hydrogens is 393 g/mol. The molecule has 6 heteroatoms. The summed E-state index contributed by atoms with van der Waals surface area (Å²) in [7, 11) is 1.56. The van der Waals surface area contributed by atoms with Crippen LogP contribution in [0.1, 0.15) is 10.4 Å². The van der Waals surface area contributed by atoms with Crippen LogP contribution in [0, 0.1) is 5.82 Å². The third-order valence-electron chi connectivity index (χ3n) is 2.61. The monoisotopic (exact) mass is 401 g/mol. The van der Waals surface area contributed by atoms with E-state index in [4.69, 9.17) is 4.74 Å². The first-order valence-corrected chi connectivity index (χ1v) is 7.20. The second-order valence-corrected chi connectivity index (χ2v) is 5.55. The topological polar surface area (TPSA) is 38.3 Å². The number of amides is 1. The Morgan fingerprint density at radius 1 is 1.25 bits per heavy atom. The lowest BCUT2D eigenvalue weighted by Crippen LogP contribution is -2.13. The van der Waals surface area contributed by atoms with Gasteiger partial charge in [0.05, 0.1) is 21.6 Å². The Balaban J connectivity index is 2.24. The number of halogens is 3. The maximum Gasteiger partial charge on any atom is 0.256 e. The van der Waals surface area contributed by atoms with Crippen molar-refractivity contribution in [1.82, 2.24) is 0 Å². The number of benzene rings is 2. The molecule has 0 unspecified atom stereocenters. The maximum atomic E-state index is 13.4. The fraction of sp³-hybridized carbons (Fsp3) is 0.0714. The van der Waals surface area contributed by atoms with Crippen LogP contribution >= 0.6 is 31.9 Å². The molecule has 0 spiro atoms. The molecule has 0 radical (unpaired) electrons. The number of ether oxygens (including phenoxy) is 1. The van der Waals surface area contributed by atoms with Crippen LogP contribution in [-0.4, -0.2) is 13.0 Å². The van der Waals surface area contributed by atoms with E-state index in [-0.39, 0.29) is 10.0 Å². The number of rotatable bonds is 3. The van der Waals surface area contributed by atoms with Crippen LogP contribution in [0.2, 0.25) is 0 Å². The first kappa shape index (κ1) is 15.0. The Morgan fingerprint density at radius 3 is 2.65 bits per heavy atom. The van der Waals surface area contributed by atoms with Gasteiger partial charge in [0.1, 0.15) is 11.6 Å². The summed E-state index contributed by atoms with van der Waals surface area (Å²) in [6.45, 7) is 0. The molecule has 0 aliphatic carbocycles. The van der Waals surface area contributed by atoms with Crippen molar-refractivity contribution in [2.24, 2.45) is 0 Å². The largest absolute Gasteiger partial charge is 0.496 e. The minimum Gasteiger partial charge on any atom is -0.496 e. The molecule has 0 heterocycles. The summed E-state index contributed by atoms with van der Waals surface area (Å²) in [5.41, 5.74) is 0.816. The molecule has 2 aromatic rings. The number of carbonyl (C=O) groups excluding carboxylic acids is 1. The molecule has 0 aromatic heterocycles. The highest BCUT2D eigenvalue weighted by atomic mass is 79.9. The molecule has 0 saturated carbocycles. The number of anilines is 1. The van der Waals surface area contributed by atoms with E-state index in [9.17, 15) is 9.18 Å². The minimum absolute atomic E-state index is 0.144. The van der Waals surface area contributed by atoms with Crippen molar-refractivity contribution >= 4 is 43.5 Å². The third kappa shape index (κ3) is 3.19. The zero-order chi connectivity index (χ0) is 14.7. The van der Waals surface area contributed by atoms with E-state index >= 15 is 0 Å². The molecule has 20 heavy (non-hydrogen) atoms. The van der Waals surface area contributed by atoms with Crippen LogP contribution in [0.3, 0.4) is 0 Å².